The number of rotatable bonds is 2. The summed E-state index contributed by atoms with van der Waals surface area (Å²) in [5, 5.41) is 3.35. The molecule has 1 aliphatic carbocycles. The van der Waals surface area contributed by atoms with Crippen LogP contribution in [0.25, 0.3) is 0 Å². The maximum absolute atomic E-state index is 11.3. The maximum Gasteiger partial charge on any atom is 0.211 e. The highest BCUT2D eigenvalue weighted by Crippen LogP contribution is 2.37. The third kappa shape index (κ3) is 1.81. The molecule has 1 aliphatic heterocycles. The van der Waals surface area contributed by atoms with Gasteiger partial charge in [0.25, 0.3) is 0 Å². The number of fused-ring (bicyclic) bond motifs is 1. The van der Waals surface area contributed by atoms with E-state index in [1.165, 1.54) is 6.26 Å². The second kappa shape index (κ2) is 3.47. The van der Waals surface area contributed by atoms with E-state index in [4.69, 9.17) is 0 Å². The van der Waals surface area contributed by atoms with Gasteiger partial charge in [0.1, 0.15) is 0 Å². The smallest absolute Gasteiger partial charge is 0.211 e. The minimum atomic E-state index is -3.00. The van der Waals surface area contributed by atoms with Crippen LogP contribution in [0.1, 0.15) is 12.8 Å². The molecular formula is C9H18N2O2S. The summed E-state index contributed by atoms with van der Waals surface area (Å²) < 4.78 is 24.2. The van der Waals surface area contributed by atoms with E-state index in [0.717, 1.165) is 25.9 Å². The molecule has 3 atom stereocenters. The van der Waals surface area contributed by atoms with Gasteiger partial charge in [-0.2, -0.15) is 0 Å². The summed E-state index contributed by atoms with van der Waals surface area (Å²) in [5.41, 5.74) is 0. The molecule has 4 nitrogen and oxygen atoms in total. The van der Waals surface area contributed by atoms with Crippen LogP contribution in [0, 0.1) is 11.8 Å². The zero-order valence-electron chi connectivity index (χ0n) is 8.73. The quantitative estimate of drug-likeness (QED) is 0.703. The minimum absolute atomic E-state index is 0.238. The summed E-state index contributed by atoms with van der Waals surface area (Å²) in [6, 6.07) is 0.238. The van der Waals surface area contributed by atoms with Gasteiger partial charge >= 0.3 is 0 Å². The van der Waals surface area contributed by atoms with E-state index < -0.39 is 10.0 Å². The highest BCUT2D eigenvalue weighted by atomic mass is 32.2. The van der Waals surface area contributed by atoms with Crippen LogP contribution in [-0.4, -0.2) is 45.2 Å². The first-order chi connectivity index (χ1) is 6.48. The van der Waals surface area contributed by atoms with Crippen molar-refractivity contribution < 1.29 is 8.42 Å². The zero-order chi connectivity index (χ0) is 10.3. The van der Waals surface area contributed by atoms with Crippen LogP contribution in [0.15, 0.2) is 0 Å². The largest absolute Gasteiger partial charge is 0.316 e. The first-order valence-electron chi connectivity index (χ1n) is 5.12. The van der Waals surface area contributed by atoms with Gasteiger partial charge in [-0.25, -0.2) is 12.7 Å². The van der Waals surface area contributed by atoms with Crippen LogP contribution in [-0.2, 0) is 10.0 Å². The Kier molecular flexibility index (Phi) is 2.57. The summed E-state index contributed by atoms with van der Waals surface area (Å²) in [5.74, 6) is 1.40. The van der Waals surface area contributed by atoms with Gasteiger partial charge in [0, 0.05) is 13.1 Å². The van der Waals surface area contributed by atoms with Crippen molar-refractivity contribution in [3.63, 3.8) is 0 Å². The topological polar surface area (TPSA) is 49.4 Å². The van der Waals surface area contributed by atoms with Crippen molar-refractivity contribution in [2.75, 3.05) is 26.4 Å². The van der Waals surface area contributed by atoms with Crippen LogP contribution in [0.4, 0.5) is 0 Å². The van der Waals surface area contributed by atoms with Crippen LogP contribution >= 0.6 is 0 Å². The lowest BCUT2D eigenvalue weighted by Gasteiger charge is -2.22. The molecule has 1 saturated heterocycles. The predicted octanol–water partition coefficient (Wildman–Crippen LogP) is -0.124. The lowest BCUT2D eigenvalue weighted by Crippen LogP contribution is -2.35. The van der Waals surface area contributed by atoms with E-state index in [2.05, 4.69) is 5.32 Å². The molecule has 5 heteroatoms. The summed E-state index contributed by atoms with van der Waals surface area (Å²) >= 11 is 0. The Morgan fingerprint density at radius 1 is 1.21 bits per heavy atom. The number of nitrogens with zero attached hydrogens (tertiary/aromatic N) is 1. The Morgan fingerprint density at radius 2 is 1.71 bits per heavy atom. The fourth-order valence-corrected chi connectivity index (χ4v) is 3.42. The summed E-state index contributed by atoms with van der Waals surface area (Å²) in [7, 11) is -1.30. The van der Waals surface area contributed by atoms with Crippen molar-refractivity contribution in [2.24, 2.45) is 11.8 Å². The first-order valence-corrected chi connectivity index (χ1v) is 6.97. The van der Waals surface area contributed by atoms with E-state index in [1.54, 1.807) is 11.4 Å². The van der Waals surface area contributed by atoms with Gasteiger partial charge in [-0.15, -0.1) is 0 Å². The van der Waals surface area contributed by atoms with Crippen molar-refractivity contribution >= 4 is 10.0 Å². The molecule has 2 fully saturated rings. The van der Waals surface area contributed by atoms with E-state index in [1.807, 2.05) is 0 Å². The van der Waals surface area contributed by atoms with Crippen molar-refractivity contribution in [2.45, 2.75) is 18.9 Å². The number of sulfonamides is 1. The average molecular weight is 218 g/mol. The molecule has 82 valence electrons. The summed E-state index contributed by atoms with van der Waals surface area (Å²) in [6.07, 6.45) is 3.35. The molecule has 0 aromatic rings. The van der Waals surface area contributed by atoms with Crippen LogP contribution in [0.2, 0.25) is 0 Å². The Hall–Kier alpha value is -0.130. The van der Waals surface area contributed by atoms with Gasteiger partial charge in [-0.05, 0) is 37.8 Å². The van der Waals surface area contributed by atoms with Gasteiger partial charge in [-0.1, -0.05) is 0 Å². The Labute approximate surface area is 85.7 Å². The molecule has 1 N–H and O–H groups in total. The molecule has 0 radical (unpaired) electrons. The third-order valence-electron chi connectivity index (χ3n) is 3.67. The number of nitrogens with one attached hydrogen (secondary N) is 1. The summed E-state index contributed by atoms with van der Waals surface area (Å²) in [6.45, 7) is 2.14. The van der Waals surface area contributed by atoms with Crippen molar-refractivity contribution in [1.29, 1.82) is 0 Å². The number of hydrogen-bond acceptors (Lipinski definition) is 3. The minimum Gasteiger partial charge on any atom is -0.316 e. The van der Waals surface area contributed by atoms with Crippen molar-refractivity contribution in [3.8, 4) is 0 Å². The Balaban J connectivity index is 2.02. The third-order valence-corrected chi connectivity index (χ3v) is 5.01. The normalized spacial score (nSPS) is 37.8. The van der Waals surface area contributed by atoms with Crippen LogP contribution in [0.5, 0.6) is 0 Å². The van der Waals surface area contributed by atoms with Crippen LogP contribution < -0.4 is 5.32 Å². The fourth-order valence-electron chi connectivity index (χ4n) is 2.70. The molecule has 1 heterocycles. The van der Waals surface area contributed by atoms with Gasteiger partial charge < -0.3 is 5.32 Å². The molecule has 1 saturated carbocycles. The molecule has 0 spiro atoms. The monoisotopic (exact) mass is 218 g/mol. The summed E-state index contributed by atoms with van der Waals surface area (Å²) in [4.78, 5) is 0. The Bertz CT molecular complexity index is 303. The maximum atomic E-state index is 11.3. The lowest BCUT2D eigenvalue weighted by atomic mass is 10.0. The SMILES string of the molecule is CN([C@H]1C[C@H]2CNC[C@H]2C1)S(C)(=O)=O. The zero-order valence-corrected chi connectivity index (χ0v) is 9.55. The molecule has 2 aliphatic rings. The molecule has 0 unspecified atom stereocenters. The van der Waals surface area contributed by atoms with E-state index in [0.29, 0.717) is 11.8 Å². The van der Waals surface area contributed by atoms with E-state index >= 15 is 0 Å². The van der Waals surface area contributed by atoms with E-state index in [9.17, 15) is 8.42 Å². The fraction of sp³-hybridized carbons (Fsp3) is 1.00. The first kappa shape index (κ1) is 10.4. The molecule has 0 bridgehead atoms. The second-order valence-electron chi connectivity index (χ2n) is 4.58. The lowest BCUT2D eigenvalue weighted by molar-refractivity contribution is 0.358. The van der Waals surface area contributed by atoms with Crippen molar-refractivity contribution in [3.05, 3.63) is 0 Å². The van der Waals surface area contributed by atoms with Gasteiger partial charge in [-0.3, -0.25) is 0 Å². The Morgan fingerprint density at radius 3 is 2.14 bits per heavy atom. The molecule has 0 amide bonds. The standard InChI is InChI=1S/C9H18N2O2S/c1-11(14(2,12)13)9-3-7-5-10-6-8(7)4-9/h7-10H,3-6H2,1-2H3/t7-,8+,9-. The molecule has 2 rings (SSSR count). The predicted molar refractivity (Wildman–Crippen MR) is 55.5 cm³/mol. The molecule has 0 aromatic carbocycles. The van der Waals surface area contributed by atoms with Gasteiger partial charge in [0.05, 0.1) is 6.26 Å². The highest BCUT2D eigenvalue weighted by molar-refractivity contribution is 7.88. The molecule has 0 aromatic heterocycles. The molecular weight excluding hydrogens is 200 g/mol. The average Bonchev–Trinajstić information content (AvgIpc) is 2.58. The highest BCUT2D eigenvalue weighted by Gasteiger charge is 2.40. The number of hydrogen-bond donors (Lipinski definition) is 1. The molecule has 14 heavy (non-hydrogen) atoms. The van der Waals surface area contributed by atoms with Crippen molar-refractivity contribution in [1.82, 2.24) is 9.62 Å². The van der Waals surface area contributed by atoms with Gasteiger partial charge in [0.15, 0.2) is 0 Å². The van der Waals surface area contributed by atoms with Gasteiger partial charge in [0.2, 0.25) is 10.0 Å². The van der Waals surface area contributed by atoms with E-state index in [-0.39, 0.29) is 6.04 Å². The van der Waals surface area contributed by atoms with Crippen LogP contribution in [0.3, 0.4) is 0 Å². The second-order valence-corrected chi connectivity index (χ2v) is 6.62.